The van der Waals surface area contributed by atoms with E-state index in [1.807, 2.05) is 0 Å². The Morgan fingerprint density at radius 1 is 1.16 bits per heavy atom. The zero-order valence-electron chi connectivity index (χ0n) is 14.4. The molecule has 0 aliphatic carbocycles. The number of hydrogen-bond donors (Lipinski definition) is 3. The second-order valence-electron chi connectivity index (χ2n) is 4.94. The Kier molecular flexibility index (Phi) is 11.6. The van der Waals surface area contributed by atoms with Crippen LogP contribution >= 0.6 is 11.8 Å². The molecule has 11 heteroatoms. The van der Waals surface area contributed by atoms with Crippen molar-refractivity contribution in [3.63, 3.8) is 0 Å². The summed E-state index contributed by atoms with van der Waals surface area (Å²) in [5.74, 6) is -2.04. The van der Waals surface area contributed by atoms with E-state index in [0.29, 0.717) is 0 Å². The number of methoxy groups -OCH3 is 1. The average Bonchev–Trinajstić information content (AvgIpc) is 2.55. The molecular weight excluding hydrogens is 356 g/mol. The summed E-state index contributed by atoms with van der Waals surface area (Å²) in [5.41, 5.74) is 5.71. The SMILES string of the molecule is COC(=O)[C@H](CO)NC(=O)[C@@H](N)CSC[C@@H](COC(C)=O)OC(C)=O. The molecule has 0 rings (SSSR count). The van der Waals surface area contributed by atoms with Gasteiger partial charge in [0.1, 0.15) is 12.7 Å². The first-order valence-electron chi connectivity index (χ1n) is 7.34. The fourth-order valence-electron chi connectivity index (χ4n) is 1.56. The van der Waals surface area contributed by atoms with Crippen molar-refractivity contribution in [1.82, 2.24) is 5.32 Å². The zero-order valence-corrected chi connectivity index (χ0v) is 15.2. The molecule has 0 aliphatic rings. The van der Waals surface area contributed by atoms with Gasteiger partial charge in [0.15, 0.2) is 6.04 Å². The summed E-state index contributed by atoms with van der Waals surface area (Å²) in [6, 6.07) is -2.15. The van der Waals surface area contributed by atoms with Gasteiger partial charge in [-0.15, -0.1) is 0 Å². The standard InChI is InChI=1S/C14H24N2O8S/c1-8(18)23-5-10(24-9(2)19)6-25-7-11(15)13(20)16-12(4-17)14(21)22-3/h10-12,17H,4-7,15H2,1-3H3,(H,16,20)/t10-,11+,12+/m1/s1. The lowest BCUT2D eigenvalue weighted by molar-refractivity contribution is -0.154. The summed E-state index contributed by atoms with van der Waals surface area (Å²) in [5, 5.41) is 11.3. The second kappa shape index (κ2) is 12.5. The Morgan fingerprint density at radius 3 is 2.28 bits per heavy atom. The fraction of sp³-hybridized carbons (Fsp3) is 0.714. The molecule has 0 aliphatic heterocycles. The molecule has 1 amide bonds. The molecule has 144 valence electrons. The van der Waals surface area contributed by atoms with Crippen molar-refractivity contribution >= 4 is 35.6 Å². The van der Waals surface area contributed by atoms with Crippen LogP contribution in [-0.2, 0) is 33.4 Å². The van der Waals surface area contributed by atoms with Crippen molar-refractivity contribution in [2.75, 3.05) is 31.8 Å². The van der Waals surface area contributed by atoms with Gasteiger partial charge in [-0.1, -0.05) is 0 Å². The molecule has 0 unspecified atom stereocenters. The maximum absolute atomic E-state index is 11.9. The summed E-state index contributed by atoms with van der Waals surface area (Å²) < 4.78 is 14.2. The van der Waals surface area contributed by atoms with E-state index >= 15 is 0 Å². The monoisotopic (exact) mass is 380 g/mol. The first-order chi connectivity index (χ1) is 11.7. The van der Waals surface area contributed by atoms with Crippen LogP contribution in [0.4, 0.5) is 0 Å². The minimum absolute atomic E-state index is 0.0989. The van der Waals surface area contributed by atoms with Crippen molar-refractivity contribution in [3.8, 4) is 0 Å². The zero-order chi connectivity index (χ0) is 19.4. The minimum atomic E-state index is -1.19. The number of thioether (sulfide) groups is 1. The van der Waals surface area contributed by atoms with Crippen molar-refractivity contribution in [2.24, 2.45) is 5.73 Å². The maximum Gasteiger partial charge on any atom is 0.330 e. The molecule has 0 bridgehead atoms. The first kappa shape index (κ1) is 23.1. The smallest absolute Gasteiger partial charge is 0.330 e. The Balaban J connectivity index is 4.36. The van der Waals surface area contributed by atoms with Crippen LogP contribution in [-0.4, -0.2) is 78.9 Å². The molecule has 3 atom stereocenters. The topological polar surface area (TPSA) is 154 Å². The van der Waals surface area contributed by atoms with Crippen molar-refractivity contribution in [3.05, 3.63) is 0 Å². The van der Waals surface area contributed by atoms with Gasteiger partial charge in [-0.3, -0.25) is 14.4 Å². The van der Waals surface area contributed by atoms with Gasteiger partial charge in [-0.25, -0.2) is 4.79 Å². The van der Waals surface area contributed by atoms with E-state index in [0.717, 1.165) is 7.11 Å². The van der Waals surface area contributed by atoms with Crippen LogP contribution in [0.15, 0.2) is 0 Å². The Bertz CT molecular complexity index is 474. The molecule has 0 fully saturated rings. The number of rotatable bonds is 11. The molecule has 0 aromatic rings. The van der Waals surface area contributed by atoms with E-state index in [4.69, 9.17) is 20.3 Å². The molecule has 25 heavy (non-hydrogen) atoms. The number of hydrogen-bond acceptors (Lipinski definition) is 10. The van der Waals surface area contributed by atoms with Crippen LogP contribution in [0.2, 0.25) is 0 Å². The van der Waals surface area contributed by atoms with E-state index in [9.17, 15) is 19.2 Å². The molecule has 0 aromatic carbocycles. The summed E-state index contributed by atoms with van der Waals surface area (Å²) >= 11 is 1.21. The molecule has 0 saturated heterocycles. The summed E-state index contributed by atoms with van der Waals surface area (Å²) in [6.07, 6.45) is -0.665. The third-order valence-electron chi connectivity index (χ3n) is 2.73. The van der Waals surface area contributed by atoms with E-state index in [2.05, 4.69) is 10.1 Å². The number of esters is 3. The molecule has 0 radical (unpaired) electrons. The summed E-state index contributed by atoms with van der Waals surface area (Å²) in [6.45, 7) is 1.75. The lowest BCUT2D eigenvalue weighted by atomic mass is 10.2. The molecule has 0 aromatic heterocycles. The van der Waals surface area contributed by atoms with Gasteiger partial charge in [0.05, 0.1) is 19.8 Å². The van der Waals surface area contributed by atoms with Crippen LogP contribution < -0.4 is 11.1 Å². The molecule has 0 saturated carbocycles. The molecule has 10 nitrogen and oxygen atoms in total. The third kappa shape index (κ3) is 10.6. The quantitative estimate of drug-likeness (QED) is 0.276. The maximum atomic E-state index is 11.9. The number of aliphatic hydroxyl groups excluding tert-OH is 1. The molecule has 0 spiro atoms. The first-order valence-corrected chi connectivity index (χ1v) is 8.49. The summed E-state index contributed by atoms with van der Waals surface area (Å²) in [4.78, 5) is 45.0. The van der Waals surface area contributed by atoms with Crippen LogP contribution in [0.1, 0.15) is 13.8 Å². The number of amides is 1. The van der Waals surface area contributed by atoms with Gasteiger partial charge in [0.2, 0.25) is 5.91 Å². The number of carbonyl (C=O) groups excluding carboxylic acids is 4. The lowest BCUT2D eigenvalue weighted by Crippen LogP contribution is -2.51. The summed E-state index contributed by atoms with van der Waals surface area (Å²) in [7, 11) is 1.13. The van der Waals surface area contributed by atoms with Crippen LogP contribution in [0.3, 0.4) is 0 Å². The Labute approximate surface area is 149 Å². The van der Waals surface area contributed by atoms with E-state index in [-0.39, 0.29) is 18.1 Å². The highest BCUT2D eigenvalue weighted by atomic mass is 32.2. The van der Waals surface area contributed by atoms with Gasteiger partial charge >= 0.3 is 17.9 Å². The van der Waals surface area contributed by atoms with Crippen molar-refractivity contribution < 1.29 is 38.5 Å². The molecular formula is C14H24N2O8S. The van der Waals surface area contributed by atoms with Crippen LogP contribution in [0, 0.1) is 0 Å². The number of nitrogens with one attached hydrogen (secondary N) is 1. The van der Waals surface area contributed by atoms with Gasteiger partial charge in [0, 0.05) is 25.4 Å². The predicted octanol–water partition coefficient (Wildman–Crippen LogP) is -1.81. The minimum Gasteiger partial charge on any atom is -0.467 e. The Hall–Kier alpha value is -1.85. The largest absolute Gasteiger partial charge is 0.467 e. The normalized spacial score (nSPS) is 14.0. The number of aliphatic hydroxyl groups is 1. The van der Waals surface area contributed by atoms with Gasteiger partial charge in [0.25, 0.3) is 0 Å². The Morgan fingerprint density at radius 2 is 1.80 bits per heavy atom. The highest BCUT2D eigenvalue weighted by molar-refractivity contribution is 7.99. The van der Waals surface area contributed by atoms with Crippen molar-refractivity contribution in [2.45, 2.75) is 32.0 Å². The van der Waals surface area contributed by atoms with Crippen LogP contribution in [0.25, 0.3) is 0 Å². The average molecular weight is 380 g/mol. The van der Waals surface area contributed by atoms with Gasteiger partial charge in [-0.2, -0.15) is 11.8 Å². The number of ether oxygens (including phenoxy) is 3. The van der Waals surface area contributed by atoms with E-state index in [1.54, 1.807) is 0 Å². The van der Waals surface area contributed by atoms with Gasteiger partial charge in [-0.05, 0) is 0 Å². The number of nitrogens with two attached hydrogens (primary N) is 1. The fourth-order valence-corrected chi connectivity index (χ4v) is 2.53. The molecule has 4 N–H and O–H groups in total. The third-order valence-corrected chi connectivity index (χ3v) is 3.93. The second-order valence-corrected chi connectivity index (χ2v) is 6.02. The van der Waals surface area contributed by atoms with Crippen LogP contribution in [0.5, 0.6) is 0 Å². The van der Waals surface area contributed by atoms with Gasteiger partial charge < -0.3 is 30.4 Å². The highest BCUT2D eigenvalue weighted by Gasteiger charge is 2.24. The lowest BCUT2D eigenvalue weighted by Gasteiger charge is -2.19. The van der Waals surface area contributed by atoms with E-state index < -0.39 is 48.6 Å². The highest BCUT2D eigenvalue weighted by Crippen LogP contribution is 2.09. The van der Waals surface area contributed by atoms with E-state index in [1.165, 1.54) is 25.6 Å². The van der Waals surface area contributed by atoms with Crippen molar-refractivity contribution in [1.29, 1.82) is 0 Å². The molecule has 0 heterocycles. The number of carbonyl (C=O) groups is 4. The predicted molar refractivity (Wildman–Crippen MR) is 88.5 cm³/mol.